The summed E-state index contributed by atoms with van der Waals surface area (Å²) >= 11 is 1.03. The zero-order valence-corrected chi connectivity index (χ0v) is 14.3. The maximum absolute atomic E-state index is 12.3. The molecule has 0 atom stereocenters. The van der Waals surface area contributed by atoms with E-state index in [4.69, 9.17) is 14.2 Å². The lowest BCUT2D eigenvalue weighted by atomic mass is 10.1. The van der Waals surface area contributed by atoms with Crippen molar-refractivity contribution < 1.29 is 28.6 Å². The van der Waals surface area contributed by atoms with Gasteiger partial charge >= 0.3 is 5.97 Å². The van der Waals surface area contributed by atoms with Crippen molar-refractivity contribution in [2.75, 3.05) is 20.8 Å². The van der Waals surface area contributed by atoms with Gasteiger partial charge in [0, 0.05) is 0 Å². The van der Waals surface area contributed by atoms with Crippen LogP contribution in [0.5, 0.6) is 11.5 Å². The van der Waals surface area contributed by atoms with Crippen molar-refractivity contribution in [1.29, 1.82) is 0 Å². The van der Waals surface area contributed by atoms with E-state index in [1.54, 1.807) is 18.2 Å². The van der Waals surface area contributed by atoms with Crippen LogP contribution in [0.25, 0.3) is 0 Å². The molecule has 2 aromatic rings. The number of carbonyl (C=O) groups excluding carboxylic acids is 3. The number of carbonyl (C=O) groups is 3. The van der Waals surface area contributed by atoms with Gasteiger partial charge in [-0.2, -0.15) is 0 Å². The molecule has 0 amide bonds. The molecule has 0 fully saturated rings. The summed E-state index contributed by atoms with van der Waals surface area (Å²) in [6.45, 7) is 0.981. The predicted octanol–water partition coefficient (Wildman–Crippen LogP) is 3.01. The van der Waals surface area contributed by atoms with E-state index >= 15 is 0 Å². The third-order valence-electron chi connectivity index (χ3n) is 3.20. The highest BCUT2D eigenvalue weighted by molar-refractivity contribution is 7.15. The molecule has 0 spiro atoms. The van der Waals surface area contributed by atoms with Gasteiger partial charge in [0.25, 0.3) is 0 Å². The largest absolute Gasteiger partial charge is 0.497 e. The van der Waals surface area contributed by atoms with Crippen LogP contribution in [0.3, 0.4) is 0 Å². The Balaban J connectivity index is 2.07. The van der Waals surface area contributed by atoms with Gasteiger partial charge in [-0.1, -0.05) is 0 Å². The van der Waals surface area contributed by atoms with Gasteiger partial charge in [-0.3, -0.25) is 9.59 Å². The Labute approximate surface area is 143 Å². The molecule has 0 aliphatic rings. The second-order valence-corrected chi connectivity index (χ2v) is 5.87. The van der Waals surface area contributed by atoms with Gasteiger partial charge in [-0.15, -0.1) is 11.3 Å². The van der Waals surface area contributed by atoms with Crippen molar-refractivity contribution in [2.45, 2.75) is 6.92 Å². The third-order valence-corrected chi connectivity index (χ3v) is 4.36. The van der Waals surface area contributed by atoms with Crippen LogP contribution in [0.15, 0.2) is 30.3 Å². The Morgan fingerprint density at radius 1 is 1.00 bits per heavy atom. The molecule has 0 saturated carbocycles. The van der Waals surface area contributed by atoms with E-state index in [1.807, 2.05) is 0 Å². The first-order valence-corrected chi connectivity index (χ1v) is 7.81. The van der Waals surface area contributed by atoms with Crippen LogP contribution in [0.1, 0.15) is 36.6 Å². The Morgan fingerprint density at radius 2 is 1.71 bits per heavy atom. The maximum Gasteiger partial charge on any atom is 0.348 e. The summed E-state index contributed by atoms with van der Waals surface area (Å²) in [6, 6.07) is 7.84. The standard InChI is InChI=1S/C17H16O6S/c1-10(18)15-6-7-16(24-15)17(20)23-9-13(19)12-8-11(21-2)4-5-14(12)22-3/h4-8H,9H2,1-3H3. The SMILES string of the molecule is COc1ccc(OC)c(C(=O)COC(=O)c2ccc(C(C)=O)s2)c1. The molecule has 7 heteroatoms. The Bertz CT molecular complexity index is 777. The Kier molecular flexibility index (Phi) is 5.70. The zero-order chi connectivity index (χ0) is 17.7. The van der Waals surface area contributed by atoms with E-state index in [0.717, 1.165) is 11.3 Å². The van der Waals surface area contributed by atoms with Crippen molar-refractivity contribution in [2.24, 2.45) is 0 Å². The molecule has 126 valence electrons. The van der Waals surface area contributed by atoms with E-state index < -0.39 is 18.4 Å². The molecule has 0 aliphatic heterocycles. The molecule has 1 aromatic carbocycles. The van der Waals surface area contributed by atoms with Crippen LogP contribution in [0, 0.1) is 0 Å². The summed E-state index contributed by atoms with van der Waals surface area (Å²) < 4.78 is 15.2. The predicted molar refractivity (Wildman–Crippen MR) is 88.5 cm³/mol. The van der Waals surface area contributed by atoms with Crippen molar-refractivity contribution >= 4 is 28.9 Å². The molecule has 0 saturated heterocycles. The second kappa shape index (κ2) is 7.74. The average molecular weight is 348 g/mol. The fourth-order valence-electron chi connectivity index (χ4n) is 1.95. The number of rotatable bonds is 7. The number of esters is 1. The van der Waals surface area contributed by atoms with E-state index in [9.17, 15) is 14.4 Å². The first kappa shape index (κ1) is 17.7. The third kappa shape index (κ3) is 3.99. The molecule has 1 heterocycles. The number of hydrogen-bond acceptors (Lipinski definition) is 7. The molecule has 6 nitrogen and oxygen atoms in total. The van der Waals surface area contributed by atoms with Gasteiger partial charge in [-0.25, -0.2) is 4.79 Å². The number of ether oxygens (including phenoxy) is 3. The first-order valence-electron chi connectivity index (χ1n) is 6.99. The van der Waals surface area contributed by atoms with E-state index in [2.05, 4.69) is 0 Å². The summed E-state index contributed by atoms with van der Waals surface area (Å²) in [5.74, 6) is -0.330. The number of methoxy groups -OCH3 is 2. The van der Waals surface area contributed by atoms with Crippen LogP contribution < -0.4 is 9.47 Å². The molecule has 0 bridgehead atoms. The average Bonchev–Trinajstić information content (AvgIpc) is 3.09. The summed E-state index contributed by atoms with van der Waals surface area (Å²) in [6.07, 6.45) is 0. The molecule has 24 heavy (non-hydrogen) atoms. The van der Waals surface area contributed by atoms with Crippen LogP contribution in [-0.4, -0.2) is 38.4 Å². The molecule has 2 rings (SSSR count). The normalized spacial score (nSPS) is 10.1. The van der Waals surface area contributed by atoms with Crippen molar-refractivity contribution in [3.63, 3.8) is 0 Å². The first-order chi connectivity index (χ1) is 11.5. The molecular formula is C17H16O6S. The Hall–Kier alpha value is -2.67. The lowest BCUT2D eigenvalue weighted by Crippen LogP contribution is -2.14. The van der Waals surface area contributed by atoms with E-state index in [0.29, 0.717) is 16.4 Å². The molecular weight excluding hydrogens is 332 g/mol. The fraction of sp³-hybridized carbons (Fsp3) is 0.235. The number of ketones is 2. The minimum atomic E-state index is -0.650. The van der Waals surface area contributed by atoms with Gasteiger partial charge in [0.15, 0.2) is 12.4 Å². The summed E-state index contributed by atoms with van der Waals surface area (Å²) in [5.41, 5.74) is 0.264. The summed E-state index contributed by atoms with van der Waals surface area (Å²) in [4.78, 5) is 36.2. The smallest absolute Gasteiger partial charge is 0.348 e. The minimum Gasteiger partial charge on any atom is -0.497 e. The molecule has 0 unspecified atom stereocenters. The number of thiophene rings is 1. The van der Waals surface area contributed by atoms with E-state index in [1.165, 1.54) is 33.3 Å². The van der Waals surface area contributed by atoms with Gasteiger partial charge in [0.05, 0.1) is 24.7 Å². The van der Waals surface area contributed by atoms with Crippen molar-refractivity contribution in [3.05, 3.63) is 45.6 Å². The lowest BCUT2D eigenvalue weighted by Gasteiger charge is -2.09. The zero-order valence-electron chi connectivity index (χ0n) is 13.5. The minimum absolute atomic E-state index is 0.128. The molecule has 0 N–H and O–H groups in total. The highest BCUT2D eigenvalue weighted by Gasteiger charge is 2.18. The number of hydrogen-bond donors (Lipinski definition) is 0. The van der Waals surface area contributed by atoms with Crippen molar-refractivity contribution in [1.82, 2.24) is 0 Å². The topological polar surface area (TPSA) is 78.9 Å². The van der Waals surface area contributed by atoms with Gasteiger partial charge in [-0.05, 0) is 37.3 Å². The van der Waals surface area contributed by atoms with Crippen LogP contribution >= 0.6 is 11.3 Å². The Morgan fingerprint density at radius 3 is 2.29 bits per heavy atom. The van der Waals surface area contributed by atoms with Gasteiger partial charge < -0.3 is 14.2 Å². The highest BCUT2D eigenvalue weighted by atomic mass is 32.1. The molecule has 1 aromatic heterocycles. The quantitative estimate of drug-likeness (QED) is 0.565. The van der Waals surface area contributed by atoms with Gasteiger partial charge in [0.2, 0.25) is 5.78 Å². The summed E-state index contributed by atoms with van der Waals surface area (Å²) in [7, 11) is 2.93. The lowest BCUT2D eigenvalue weighted by molar-refractivity contribution is 0.0478. The molecule has 0 radical (unpaired) electrons. The maximum atomic E-state index is 12.3. The van der Waals surface area contributed by atoms with Crippen molar-refractivity contribution in [3.8, 4) is 11.5 Å². The number of Topliss-reactive ketones (excluding diaryl/α,β-unsaturated/α-hetero) is 2. The second-order valence-electron chi connectivity index (χ2n) is 4.79. The summed E-state index contributed by atoms with van der Waals surface area (Å²) in [5, 5.41) is 0. The van der Waals surface area contributed by atoms with Crippen LogP contribution in [0.4, 0.5) is 0 Å². The monoisotopic (exact) mass is 348 g/mol. The fourth-order valence-corrected chi connectivity index (χ4v) is 2.74. The molecule has 0 aliphatic carbocycles. The van der Waals surface area contributed by atoms with Gasteiger partial charge in [0.1, 0.15) is 16.4 Å². The van der Waals surface area contributed by atoms with E-state index in [-0.39, 0.29) is 16.2 Å². The van der Waals surface area contributed by atoms with Crippen LogP contribution in [-0.2, 0) is 4.74 Å². The number of benzene rings is 1. The highest BCUT2D eigenvalue weighted by Crippen LogP contribution is 2.25. The van der Waals surface area contributed by atoms with Crippen LogP contribution in [0.2, 0.25) is 0 Å².